The first-order valence-electron chi connectivity index (χ1n) is 11.9. The number of aryl methyl sites for hydroxylation is 1. The van der Waals surface area contributed by atoms with Crippen LogP contribution in [0.2, 0.25) is 0 Å². The number of anilines is 1. The fraction of sp³-hybridized carbons (Fsp3) is 0.385. The van der Waals surface area contributed by atoms with Crippen LogP contribution in [0.5, 0.6) is 0 Å². The molecular formula is C26H31N5O5. The molecule has 0 aliphatic carbocycles. The number of imidazole rings is 1. The lowest BCUT2D eigenvalue weighted by Crippen LogP contribution is -2.50. The molecule has 1 saturated heterocycles. The van der Waals surface area contributed by atoms with Gasteiger partial charge in [0.05, 0.1) is 29.6 Å². The predicted octanol–water partition coefficient (Wildman–Crippen LogP) is 2.82. The molecule has 3 aromatic rings. The number of ether oxygens (including phenoxy) is 2. The topological polar surface area (TPSA) is 106 Å². The van der Waals surface area contributed by atoms with E-state index < -0.39 is 0 Å². The maximum Gasteiger partial charge on any atom is 0.409 e. The lowest BCUT2D eigenvalue weighted by atomic mass is 10.1. The number of hydrogen-bond acceptors (Lipinski definition) is 6. The number of benzene rings is 2. The molecule has 190 valence electrons. The molecule has 2 aromatic carbocycles. The smallest absolute Gasteiger partial charge is 0.409 e. The fourth-order valence-electron chi connectivity index (χ4n) is 4.36. The second-order valence-corrected chi connectivity index (χ2v) is 8.60. The molecule has 36 heavy (non-hydrogen) atoms. The molecule has 0 bridgehead atoms. The maximum atomic E-state index is 13.7. The number of piperazine rings is 1. The Morgan fingerprint density at radius 3 is 2.39 bits per heavy atom. The molecule has 4 rings (SSSR count). The Labute approximate surface area is 209 Å². The van der Waals surface area contributed by atoms with Gasteiger partial charge in [0.1, 0.15) is 12.4 Å². The number of carbonyl (C=O) groups is 3. The van der Waals surface area contributed by atoms with E-state index in [-0.39, 0.29) is 30.9 Å². The van der Waals surface area contributed by atoms with E-state index in [1.807, 2.05) is 41.9 Å². The summed E-state index contributed by atoms with van der Waals surface area (Å²) in [6.45, 7) is 3.90. The van der Waals surface area contributed by atoms with Crippen LogP contribution in [0.15, 0.2) is 42.5 Å². The number of aromatic nitrogens is 2. The molecule has 0 saturated carbocycles. The van der Waals surface area contributed by atoms with Crippen LogP contribution >= 0.6 is 0 Å². The molecular weight excluding hydrogens is 462 g/mol. The monoisotopic (exact) mass is 493 g/mol. The van der Waals surface area contributed by atoms with E-state index >= 15 is 0 Å². The summed E-state index contributed by atoms with van der Waals surface area (Å²) in [5.41, 5.74) is 3.09. The van der Waals surface area contributed by atoms with E-state index in [0.717, 1.165) is 5.56 Å². The molecule has 0 radical (unpaired) electrons. The highest BCUT2D eigenvalue weighted by molar-refractivity contribution is 6.08. The van der Waals surface area contributed by atoms with Gasteiger partial charge in [0.25, 0.3) is 5.91 Å². The van der Waals surface area contributed by atoms with Crippen LogP contribution in [0.25, 0.3) is 11.0 Å². The summed E-state index contributed by atoms with van der Waals surface area (Å²) in [5, 5.41) is 2.92. The first kappa shape index (κ1) is 25.2. The fourth-order valence-corrected chi connectivity index (χ4v) is 4.36. The summed E-state index contributed by atoms with van der Waals surface area (Å²) in [4.78, 5) is 46.4. The normalized spacial score (nSPS) is 13.6. The SMILES string of the molecule is CCOC(=O)N1CCN(C(=O)c2cc(NC(=O)Cc3ccccc3)cc3nc(COC)n(C)c23)CC1. The van der Waals surface area contributed by atoms with Crippen molar-refractivity contribution in [2.75, 3.05) is 45.2 Å². The molecule has 1 fully saturated rings. The number of carbonyl (C=O) groups excluding carboxylic acids is 3. The highest BCUT2D eigenvalue weighted by atomic mass is 16.6. The largest absolute Gasteiger partial charge is 0.450 e. The van der Waals surface area contributed by atoms with Gasteiger partial charge in [0.2, 0.25) is 5.91 Å². The van der Waals surface area contributed by atoms with Crippen LogP contribution in [0.1, 0.15) is 28.7 Å². The second kappa shape index (κ2) is 11.2. The molecule has 1 N–H and O–H groups in total. The lowest BCUT2D eigenvalue weighted by Gasteiger charge is -2.34. The van der Waals surface area contributed by atoms with Gasteiger partial charge in [-0.05, 0) is 24.6 Å². The first-order chi connectivity index (χ1) is 17.4. The van der Waals surface area contributed by atoms with Gasteiger partial charge in [-0.2, -0.15) is 0 Å². The minimum absolute atomic E-state index is 0.185. The van der Waals surface area contributed by atoms with Crippen LogP contribution < -0.4 is 5.32 Å². The molecule has 0 atom stereocenters. The number of methoxy groups -OCH3 is 1. The predicted molar refractivity (Wildman–Crippen MR) is 135 cm³/mol. The molecule has 10 nitrogen and oxygen atoms in total. The molecule has 1 aliphatic rings. The molecule has 10 heteroatoms. The summed E-state index contributed by atoms with van der Waals surface area (Å²) in [6.07, 6.45) is -0.152. The highest BCUT2D eigenvalue weighted by Gasteiger charge is 2.28. The Morgan fingerprint density at radius 1 is 1.03 bits per heavy atom. The zero-order valence-corrected chi connectivity index (χ0v) is 20.8. The summed E-state index contributed by atoms with van der Waals surface area (Å²) in [5.74, 6) is 0.297. The Morgan fingerprint density at radius 2 is 1.72 bits per heavy atom. The maximum absolute atomic E-state index is 13.7. The average molecular weight is 494 g/mol. The Kier molecular flexibility index (Phi) is 7.84. The van der Waals surface area contributed by atoms with Crippen molar-refractivity contribution in [2.24, 2.45) is 7.05 Å². The van der Waals surface area contributed by atoms with E-state index in [9.17, 15) is 14.4 Å². The molecule has 3 amide bonds. The molecule has 2 heterocycles. The summed E-state index contributed by atoms with van der Waals surface area (Å²) < 4.78 is 12.2. The van der Waals surface area contributed by atoms with Crippen molar-refractivity contribution in [3.8, 4) is 0 Å². The van der Waals surface area contributed by atoms with Gasteiger partial charge in [0.15, 0.2) is 0 Å². The van der Waals surface area contributed by atoms with Crippen LogP contribution in [0.3, 0.4) is 0 Å². The third-order valence-electron chi connectivity index (χ3n) is 6.15. The van der Waals surface area contributed by atoms with Crippen molar-refractivity contribution in [1.82, 2.24) is 19.4 Å². The van der Waals surface area contributed by atoms with Gasteiger partial charge in [-0.25, -0.2) is 9.78 Å². The van der Waals surface area contributed by atoms with Crippen LogP contribution in [0, 0.1) is 0 Å². The van der Waals surface area contributed by atoms with E-state index in [1.54, 1.807) is 36.0 Å². The van der Waals surface area contributed by atoms with Crippen LogP contribution in [0.4, 0.5) is 10.5 Å². The van der Waals surface area contributed by atoms with Crippen molar-refractivity contribution in [3.05, 3.63) is 59.4 Å². The molecule has 0 unspecified atom stereocenters. The zero-order valence-electron chi connectivity index (χ0n) is 20.8. The number of fused-ring (bicyclic) bond motifs is 1. The third kappa shape index (κ3) is 5.49. The highest BCUT2D eigenvalue weighted by Crippen LogP contribution is 2.27. The van der Waals surface area contributed by atoms with Gasteiger partial charge in [-0.1, -0.05) is 30.3 Å². The lowest BCUT2D eigenvalue weighted by molar-refractivity contribution is -0.115. The van der Waals surface area contributed by atoms with Crippen LogP contribution in [-0.2, 0) is 34.3 Å². The Bertz CT molecular complexity index is 1250. The first-order valence-corrected chi connectivity index (χ1v) is 11.9. The Hall–Kier alpha value is -3.92. The standard InChI is InChI=1S/C26H31N5O5/c1-4-36-26(34)31-12-10-30(11-13-31)25(33)20-15-19(27-23(32)14-18-8-6-5-7-9-18)16-21-24(20)29(2)22(28-21)17-35-3/h5-9,15-16H,4,10-14,17H2,1-3H3,(H,27,32). The van der Waals surface area contributed by atoms with Crippen molar-refractivity contribution in [2.45, 2.75) is 20.0 Å². The average Bonchev–Trinajstić information content (AvgIpc) is 3.19. The van der Waals surface area contributed by atoms with Crippen molar-refractivity contribution >= 4 is 34.6 Å². The quantitative estimate of drug-likeness (QED) is 0.543. The number of rotatable bonds is 7. The zero-order chi connectivity index (χ0) is 25.7. The Balaban J connectivity index is 1.61. The summed E-state index contributed by atoms with van der Waals surface area (Å²) >= 11 is 0. The summed E-state index contributed by atoms with van der Waals surface area (Å²) in [6, 6.07) is 12.9. The molecule has 1 aliphatic heterocycles. The van der Waals surface area contributed by atoms with Gasteiger partial charge in [0, 0.05) is 46.0 Å². The van der Waals surface area contributed by atoms with Gasteiger partial charge in [-0.3, -0.25) is 9.59 Å². The number of nitrogens with zero attached hydrogens (tertiary/aromatic N) is 4. The number of nitrogens with one attached hydrogen (secondary N) is 1. The van der Waals surface area contributed by atoms with E-state index in [0.29, 0.717) is 60.9 Å². The molecule has 0 spiro atoms. The summed E-state index contributed by atoms with van der Waals surface area (Å²) in [7, 11) is 3.43. The van der Waals surface area contributed by atoms with Crippen molar-refractivity contribution in [1.29, 1.82) is 0 Å². The minimum atomic E-state index is -0.369. The van der Waals surface area contributed by atoms with Gasteiger partial charge < -0.3 is 29.2 Å². The van der Waals surface area contributed by atoms with Crippen LogP contribution in [-0.4, -0.2) is 77.2 Å². The third-order valence-corrected chi connectivity index (χ3v) is 6.15. The van der Waals surface area contributed by atoms with E-state index in [2.05, 4.69) is 10.3 Å². The van der Waals surface area contributed by atoms with Crippen molar-refractivity contribution in [3.63, 3.8) is 0 Å². The van der Waals surface area contributed by atoms with Crippen molar-refractivity contribution < 1.29 is 23.9 Å². The molecule has 1 aromatic heterocycles. The minimum Gasteiger partial charge on any atom is -0.450 e. The van der Waals surface area contributed by atoms with E-state index in [4.69, 9.17) is 9.47 Å². The second-order valence-electron chi connectivity index (χ2n) is 8.60. The van der Waals surface area contributed by atoms with Gasteiger partial charge in [-0.15, -0.1) is 0 Å². The number of hydrogen-bond donors (Lipinski definition) is 1. The van der Waals surface area contributed by atoms with Gasteiger partial charge >= 0.3 is 6.09 Å². The van der Waals surface area contributed by atoms with E-state index in [1.165, 1.54) is 0 Å². The number of amides is 3.